The largest absolute Gasteiger partial charge is 0.477 e. The molecular weight excluding hydrogens is 367 g/mol. The summed E-state index contributed by atoms with van der Waals surface area (Å²) >= 11 is 0. The van der Waals surface area contributed by atoms with Crippen molar-refractivity contribution in [1.29, 1.82) is 0 Å². The zero-order valence-electron chi connectivity index (χ0n) is 15.2. The third kappa shape index (κ3) is 2.46. The molecule has 4 heterocycles. The summed E-state index contributed by atoms with van der Waals surface area (Å²) in [5.41, 5.74) is 4.72. The number of carboxylic acids is 1. The second kappa shape index (κ2) is 5.99. The zero-order chi connectivity index (χ0) is 19.6. The highest BCUT2D eigenvalue weighted by Gasteiger charge is 2.51. The fraction of sp³-hybridized carbons (Fsp3) is 0.526. The lowest BCUT2D eigenvalue weighted by molar-refractivity contribution is 0.0126. The Morgan fingerprint density at radius 3 is 2.86 bits per heavy atom. The molecule has 0 radical (unpaired) electrons. The van der Waals surface area contributed by atoms with E-state index in [9.17, 15) is 19.1 Å². The fourth-order valence-electron chi connectivity index (χ4n) is 4.57. The molecule has 0 aromatic carbocycles. The first-order chi connectivity index (χ1) is 13.4. The summed E-state index contributed by atoms with van der Waals surface area (Å²) in [4.78, 5) is 30.3. The van der Waals surface area contributed by atoms with Gasteiger partial charge in [0.1, 0.15) is 16.8 Å². The van der Waals surface area contributed by atoms with Crippen molar-refractivity contribution in [1.82, 2.24) is 9.55 Å². The van der Waals surface area contributed by atoms with E-state index in [1.807, 2.05) is 4.90 Å². The van der Waals surface area contributed by atoms with Crippen LogP contribution in [0.4, 0.5) is 10.2 Å². The zero-order valence-corrected chi connectivity index (χ0v) is 15.2. The average molecular weight is 388 g/mol. The van der Waals surface area contributed by atoms with E-state index < -0.39 is 22.8 Å². The average Bonchev–Trinajstić information content (AvgIpc) is 3.33. The highest BCUT2D eigenvalue weighted by molar-refractivity contribution is 5.92. The van der Waals surface area contributed by atoms with Gasteiger partial charge in [0.25, 0.3) is 0 Å². The molecule has 148 valence electrons. The third-order valence-electron chi connectivity index (χ3n) is 6.25. The maximum atomic E-state index is 15.0. The second-order valence-electron chi connectivity index (χ2n) is 7.96. The van der Waals surface area contributed by atoms with Crippen molar-refractivity contribution in [3.63, 3.8) is 0 Å². The van der Waals surface area contributed by atoms with Gasteiger partial charge in [-0.2, -0.15) is 0 Å². The van der Waals surface area contributed by atoms with Gasteiger partial charge < -0.3 is 25.0 Å². The maximum absolute atomic E-state index is 15.0. The molecule has 1 aliphatic carbocycles. The number of rotatable bonds is 4. The second-order valence-corrected chi connectivity index (χ2v) is 7.96. The minimum atomic E-state index is -1.32. The van der Waals surface area contributed by atoms with E-state index in [1.54, 1.807) is 4.57 Å². The Morgan fingerprint density at radius 2 is 2.21 bits per heavy atom. The highest BCUT2D eigenvalue weighted by Crippen LogP contribution is 2.41. The van der Waals surface area contributed by atoms with E-state index in [0.29, 0.717) is 31.9 Å². The Balaban J connectivity index is 1.65. The van der Waals surface area contributed by atoms with Gasteiger partial charge in [-0.3, -0.25) is 4.79 Å². The van der Waals surface area contributed by atoms with Crippen LogP contribution < -0.4 is 16.1 Å². The standard InChI is InChI=1S/C19H21FN4O4/c20-14-5-12-15(25)13(18(26)27)7-24(11-1-2-11)16(12)22-17(14)23-6-10-3-4-28-19(10,8-21)9-23/h5,7,10-11H,1-4,6,8-9,21H2,(H,26,27). The number of aromatic carboxylic acids is 1. The molecule has 9 heteroatoms. The molecule has 5 rings (SSSR count). The minimum absolute atomic E-state index is 0.00257. The van der Waals surface area contributed by atoms with Crippen LogP contribution in [0.15, 0.2) is 17.1 Å². The molecule has 2 unspecified atom stereocenters. The summed E-state index contributed by atoms with van der Waals surface area (Å²) in [6.07, 6.45) is 3.96. The van der Waals surface area contributed by atoms with Crippen molar-refractivity contribution in [2.75, 3.05) is 31.1 Å². The van der Waals surface area contributed by atoms with Gasteiger partial charge in [0.2, 0.25) is 5.43 Å². The van der Waals surface area contributed by atoms with Gasteiger partial charge in [-0.15, -0.1) is 0 Å². The molecule has 2 atom stereocenters. The molecule has 28 heavy (non-hydrogen) atoms. The van der Waals surface area contributed by atoms with Gasteiger partial charge in [0, 0.05) is 37.9 Å². The van der Waals surface area contributed by atoms with Crippen LogP contribution in [0.2, 0.25) is 0 Å². The quantitative estimate of drug-likeness (QED) is 0.807. The van der Waals surface area contributed by atoms with Gasteiger partial charge in [0.15, 0.2) is 11.6 Å². The van der Waals surface area contributed by atoms with Crippen LogP contribution in [0, 0.1) is 11.7 Å². The number of hydrogen-bond donors (Lipinski definition) is 2. The highest BCUT2D eigenvalue weighted by atomic mass is 19.1. The van der Waals surface area contributed by atoms with Crippen molar-refractivity contribution in [2.45, 2.75) is 30.9 Å². The molecule has 3 aliphatic rings. The van der Waals surface area contributed by atoms with Crippen LogP contribution in [-0.2, 0) is 4.74 Å². The molecule has 8 nitrogen and oxygen atoms in total. The minimum Gasteiger partial charge on any atom is -0.477 e. The first-order valence-corrected chi connectivity index (χ1v) is 9.51. The number of aromatic nitrogens is 2. The Labute approximate surface area is 159 Å². The summed E-state index contributed by atoms with van der Waals surface area (Å²) < 4.78 is 22.6. The lowest BCUT2D eigenvalue weighted by Crippen LogP contribution is -2.44. The number of nitrogens with two attached hydrogens (primary N) is 1. The molecule has 1 saturated carbocycles. The first-order valence-electron chi connectivity index (χ1n) is 9.51. The predicted molar refractivity (Wildman–Crippen MR) is 99.2 cm³/mol. The van der Waals surface area contributed by atoms with Crippen LogP contribution in [0.1, 0.15) is 35.7 Å². The van der Waals surface area contributed by atoms with E-state index in [4.69, 9.17) is 10.5 Å². The Morgan fingerprint density at radius 1 is 1.43 bits per heavy atom. The third-order valence-corrected chi connectivity index (χ3v) is 6.25. The normalized spacial score (nSPS) is 26.8. The van der Waals surface area contributed by atoms with Crippen LogP contribution in [0.5, 0.6) is 0 Å². The van der Waals surface area contributed by atoms with Crippen LogP contribution in [0.3, 0.4) is 0 Å². The summed E-state index contributed by atoms with van der Waals surface area (Å²) in [6, 6.07) is 1.21. The fourth-order valence-corrected chi connectivity index (χ4v) is 4.57. The van der Waals surface area contributed by atoms with Gasteiger partial charge in [-0.05, 0) is 25.3 Å². The van der Waals surface area contributed by atoms with Gasteiger partial charge in [-0.1, -0.05) is 0 Å². The first kappa shape index (κ1) is 17.6. The predicted octanol–water partition coefficient (Wildman–Crippen LogP) is 1.12. The molecule has 2 aromatic heterocycles. The number of carbonyl (C=O) groups is 1. The molecule has 3 fully saturated rings. The van der Waals surface area contributed by atoms with Gasteiger partial charge >= 0.3 is 5.97 Å². The summed E-state index contributed by atoms with van der Waals surface area (Å²) in [7, 11) is 0. The number of pyridine rings is 2. The lowest BCUT2D eigenvalue weighted by atomic mass is 9.91. The van der Waals surface area contributed by atoms with E-state index in [1.165, 1.54) is 6.20 Å². The van der Waals surface area contributed by atoms with Crippen molar-refractivity contribution in [3.8, 4) is 0 Å². The molecule has 2 aromatic rings. The van der Waals surface area contributed by atoms with Crippen molar-refractivity contribution < 1.29 is 19.0 Å². The lowest BCUT2D eigenvalue weighted by Gasteiger charge is -2.26. The van der Waals surface area contributed by atoms with Gasteiger partial charge in [0.05, 0.1) is 11.9 Å². The topological polar surface area (TPSA) is 111 Å². The number of carboxylic acid groups (broad SMARTS) is 1. The van der Waals surface area contributed by atoms with Crippen LogP contribution in [-0.4, -0.2) is 52.5 Å². The monoisotopic (exact) mass is 388 g/mol. The molecule has 2 aliphatic heterocycles. The molecule has 0 amide bonds. The molecule has 3 N–H and O–H groups in total. The van der Waals surface area contributed by atoms with Crippen molar-refractivity contribution in [3.05, 3.63) is 33.9 Å². The molecule has 0 bridgehead atoms. The number of anilines is 1. The van der Waals surface area contributed by atoms with Crippen LogP contribution >= 0.6 is 0 Å². The van der Waals surface area contributed by atoms with E-state index in [-0.39, 0.29) is 28.7 Å². The van der Waals surface area contributed by atoms with E-state index in [0.717, 1.165) is 25.3 Å². The Bertz CT molecular complexity index is 1050. The number of halogens is 1. The Kier molecular flexibility index (Phi) is 3.76. The number of nitrogens with zero attached hydrogens (tertiary/aromatic N) is 3. The number of fused-ring (bicyclic) bond motifs is 2. The molecule has 0 spiro atoms. The van der Waals surface area contributed by atoms with E-state index >= 15 is 0 Å². The summed E-state index contributed by atoms with van der Waals surface area (Å²) in [5.74, 6) is -1.58. The molecular formula is C19H21FN4O4. The van der Waals surface area contributed by atoms with Crippen molar-refractivity contribution in [2.24, 2.45) is 11.7 Å². The smallest absolute Gasteiger partial charge is 0.341 e. The summed E-state index contributed by atoms with van der Waals surface area (Å²) in [5, 5.41) is 9.33. The SMILES string of the molecule is NCC12CN(c3nc4c(cc3F)c(=O)c(C(=O)O)cn4C3CC3)CC1CCO2. The summed E-state index contributed by atoms with van der Waals surface area (Å²) in [6.45, 7) is 2.05. The van der Waals surface area contributed by atoms with Gasteiger partial charge in [-0.25, -0.2) is 14.2 Å². The Hall–Kier alpha value is -2.52. The number of ether oxygens (including phenoxy) is 1. The maximum Gasteiger partial charge on any atom is 0.341 e. The van der Waals surface area contributed by atoms with Crippen molar-refractivity contribution >= 4 is 22.8 Å². The van der Waals surface area contributed by atoms with Crippen LogP contribution in [0.25, 0.3) is 11.0 Å². The number of hydrogen-bond acceptors (Lipinski definition) is 6. The van der Waals surface area contributed by atoms with E-state index in [2.05, 4.69) is 4.98 Å². The molecule has 2 saturated heterocycles.